The summed E-state index contributed by atoms with van der Waals surface area (Å²) in [5.74, 6) is -2.89. The minimum atomic E-state index is -4.33. The molecule has 0 bridgehead atoms. The number of carbonyl (C=O) groups excluding carboxylic acids is 1. The standard InChI is InChI=1S/C17H20F3NO5/c1-2-25-14-8-11(5-6-13(14)26-10-15(22)23)16(24)21-7-3-4-12(9-21)17(18,19)20/h5-6,8,12H,2-4,7,9-10H2,1H3,(H,22,23)/t12-/m1/s1. The van der Waals surface area contributed by atoms with Gasteiger partial charge in [0.15, 0.2) is 18.1 Å². The molecule has 1 aromatic rings. The number of halogens is 3. The monoisotopic (exact) mass is 375 g/mol. The highest BCUT2D eigenvalue weighted by molar-refractivity contribution is 5.95. The first kappa shape index (κ1) is 19.9. The van der Waals surface area contributed by atoms with Gasteiger partial charge in [0, 0.05) is 18.7 Å². The Morgan fingerprint density at radius 1 is 1.27 bits per heavy atom. The van der Waals surface area contributed by atoms with Gasteiger partial charge < -0.3 is 19.5 Å². The molecule has 9 heteroatoms. The van der Waals surface area contributed by atoms with Crippen LogP contribution < -0.4 is 9.47 Å². The van der Waals surface area contributed by atoms with Crippen LogP contribution in [0.5, 0.6) is 11.5 Å². The number of ether oxygens (including phenoxy) is 2. The van der Waals surface area contributed by atoms with E-state index in [2.05, 4.69) is 0 Å². The van der Waals surface area contributed by atoms with Gasteiger partial charge in [-0.25, -0.2) is 4.79 Å². The molecular formula is C17H20F3NO5. The van der Waals surface area contributed by atoms with Crippen LogP contribution in [0, 0.1) is 5.92 Å². The van der Waals surface area contributed by atoms with Crippen molar-refractivity contribution in [2.45, 2.75) is 25.9 Å². The van der Waals surface area contributed by atoms with Gasteiger partial charge in [-0.15, -0.1) is 0 Å². The molecule has 144 valence electrons. The zero-order chi connectivity index (χ0) is 19.3. The number of carboxylic acid groups (broad SMARTS) is 1. The van der Waals surface area contributed by atoms with E-state index in [1.807, 2.05) is 0 Å². The lowest BCUT2D eigenvalue weighted by atomic mass is 9.97. The summed E-state index contributed by atoms with van der Waals surface area (Å²) in [4.78, 5) is 24.4. The topological polar surface area (TPSA) is 76.1 Å². The Balaban J connectivity index is 2.17. The average molecular weight is 375 g/mol. The molecule has 0 saturated carbocycles. The van der Waals surface area contributed by atoms with Crippen molar-refractivity contribution in [1.82, 2.24) is 4.90 Å². The van der Waals surface area contributed by atoms with Crippen LogP contribution in [-0.4, -0.2) is 54.4 Å². The number of carboxylic acids is 1. The Hall–Kier alpha value is -2.45. The number of piperidine rings is 1. The number of alkyl halides is 3. The summed E-state index contributed by atoms with van der Waals surface area (Å²) in [7, 11) is 0. The predicted octanol–water partition coefficient (Wildman–Crippen LogP) is 2.96. The van der Waals surface area contributed by atoms with Crippen LogP contribution in [-0.2, 0) is 4.79 Å². The SMILES string of the molecule is CCOc1cc(C(=O)N2CCC[C@@H](C(F)(F)F)C2)ccc1OCC(=O)O. The Bertz CT molecular complexity index is 662. The second-order valence-electron chi connectivity index (χ2n) is 5.91. The summed E-state index contributed by atoms with van der Waals surface area (Å²) < 4.78 is 49.2. The minimum absolute atomic E-state index is 0.0133. The van der Waals surface area contributed by atoms with Crippen LogP contribution >= 0.6 is 0 Å². The Kier molecular flexibility index (Phi) is 6.33. The number of rotatable bonds is 6. The van der Waals surface area contributed by atoms with Gasteiger partial charge in [-0.2, -0.15) is 13.2 Å². The van der Waals surface area contributed by atoms with Crippen molar-refractivity contribution in [1.29, 1.82) is 0 Å². The smallest absolute Gasteiger partial charge is 0.393 e. The molecule has 6 nitrogen and oxygen atoms in total. The van der Waals surface area contributed by atoms with Crippen LogP contribution in [0.4, 0.5) is 13.2 Å². The molecule has 0 radical (unpaired) electrons. The van der Waals surface area contributed by atoms with E-state index < -0.39 is 30.6 Å². The quantitative estimate of drug-likeness (QED) is 0.827. The van der Waals surface area contributed by atoms with Crippen LogP contribution in [0.2, 0.25) is 0 Å². The highest BCUT2D eigenvalue weighted by Gasteiger charge is 2.42. The Morgan fingerprint density at radius 3 is 2.62 bits per heavy atom. The molecular weight excluding hydrogens is 355 g/mol. The number of nitrogens with zero attached hydrogens (tertiary/aromatic N) is 1. The lowest BCUT2D eigenvalue weighted by molar-refractivity contribution is -0.184. The summed E-state index contributed by atoms with van der Waals surface area (Å²) in [6.07, 6.45) is -4.03. The molecule has 0 unspecified atom stereocenters. The summed E-state index contributed by atoms with van der Waals surface area (Å²) in [5.41, 5.74) is 0.166. The maximum absolute atomic E-state index is 12.9. The van der Waals surface area contributed by atoms with Gasteiger partial charge >= 0.3 is 12.1 Å². The Morgan fingerprint density at radius 2 is 2.00 bits per heavy atom. The lowest BCUT2D eigenvalue weighted by Crippen LogP contribution is -2.44. The molecule has 1 N–H and O–H groups in total. The average Bonchev–Trinajstić information content (AvgIpc) is 2.59. The molecule has 1 atom stereocenters. The fourth-order valence-electron chi connectivity index (χ4n) is 2.78. The summed E-state index contributed by atoms with van der Waals surface area (Å²) in [5, 5.41) is 8.68. The fraction of sp³-hybridized carbons (Fsp3) is 0.529. The first-order valence-corrected chi connectivity index (χ1v) is 8.19. The molecule has 1 fully saturated rings. The first-order valence-electron chi connectivity index (χ1n) is 8.19. The third-order valence-corrected chi connectivity index (χ3v) is 4.01. The van der Waals surface area contributed by atoms with Crippen LogP contribution in [0.1, 0.15) is 30.1 Å². The maximum Gasteiger partial charge on any atom is 0.393 e. The van der Waals surface area contributed by atoms with E-state index in [1.165, 1.54) is 23.1 Å². The van der Waals surface area contributed by atoms with Crippen molar-refractivity contribution in [2.24, 2.45) is 5.92 Å². The van der Waals surface area contributed by atoms with Gasteiger partial charge in [0.1, 0.15) is 0 Å². The molecule has 26 heavy (non-hydrogen) atoms. The number of carbonyl (C=O) groups is 2. The third-order valence-electron chi connectivity index (χ3n) is 4.01. The number of benzene rings is 1. The van der Waals surface area contributed by atoms with Crippen LogP contribution in [0.3, 0.4) is 0 Å². The maximum atomic E-state index is 12.9. The van der Waals surface area contributed by atoms with Gasteiger partial charge in [-0.05, 0) is 38.0 Å². The highest BCUT2D eigenvalue weighted by atomic mass is 19.4. The Labute approximate surface area is 148 Å². The summed E-state index contributed by atoms with van der Waals surface area (Å²) in [6.45, 7) is 1.26. The molecule has 2 rings (SSSR count). The predicted molar refractivity (Wildman–Crippen MR) is 85.4 cm³/mol. The van der Waals surface area contributed by atoms with Crippen molar-refractivity contribution < 1.29 is 37.3 Å². The van der Waals surface area contributed by atoms with Gasteiger partial charge in [-0.1, -0.05) is 0 Å². The largest absolute Gasteiger partial charge is 0.490 e. The van der Waals surface area contributed by atoms with E-state index in [1.54, 1.807) is 6.92 Å². The molecule has 1 aromatic carbocycles. The number of aliphatic carboxylic acids is 1. The van der Waals surface area contributed by atoms with Crippen LogP contribution in [0.15, 0.2) is 18.2 Å². The van der Waals surface area contributed by atoms with Crippen molar-refractivity contribution in [3.63, 3.8) is 0 Å². The fourth-order valence-corrected chi connectivity index (χ4v) is 2.78. The first-order chi connectivity index (χ1) is 12.2. The van der Waals surface area contributed by atoms with E-state index in [4.69, 9.17) is 14.6 Å². The molecule has 0 aromatic heterocycles. The van der Waals surface area contributed by atoms with E-state index in [0.717, 1.165) is 0 Å². The van der Waals surface area contributed by atoms with E-state index in [-0.39, 0.29) is 49.6 Å². The molecule has 1 aliphatic heterocycles. The molecule has 1 heterocycles. The van der Waals surface area contributed by atoms with Gasteiger partial charge in [0.2, 0.25) is 0 Å². The van der Waals surface area contributed by atoms with Gasteiger partial charge in [0.05, 0.1) is 12.5 Å². The van der Waals surface area contributed by atoms with Crippen molar-refractivity contribution in [2.75, 3.05) is 26.3 Å². The summed E-state index contributed by atoms with van der Waals surface area (Å²) >= 11 is 0. The van der Waals surface area contributed by atoms with Crippen molar-refractivity contribution in [3.05, 3.63) is 23.8 Å². The van der Waals surface area contributed by atoms with E-state index in [9.17, 15) is 22.8 Å². The number of amides is 1. The van der Waals surface area contributed by atoms with Gasteiger partial charge in [0.25, 0.3) is 5.91 Å². The zero-order valence-corrected chi connectivity index (χ0v) is 14.2. The second-order valence-corrected chi connectivity index (χ2v) is 5.91. The molecule has 1 amide bonds. The van der Waals surface area contributed by atoms with Crippen molar-refractivity contribution in [3.8, 4) is 11.5 Å². The van der Waals surface area contributed by atoms with Crippen LogP contribution in [0.25, 0.3) is 0 Å². The third kappa shape index (κ3) is 5.03. The molecule has 0 spiro atoms. The number of likely N-dealkylation sites (tertiary alicyclic amines) is 1. The summed E-state index contributed by atoms with van der Waals surface area (Å²) in [6, 6.07) is 4.13. The second kappa shape index (κ2) is 8.29. The molecule has 1 aliphatic rings. The highest BCUT2D eigenvalue weighted by Crippen LogP contribution is 2.34. The molecule has 0 aliphatic carbocycles. The lowest BCUT2D eigenvalue weighted by Gasteiger charge is -2.33. The van der Waals surface area contributed by atoms with Gasteiger partial charge in [-0.3, -0.25) is 4.79 Å². The minimum Gasteiger partial charge on any atom is -0.490 e. The number of hydrogen-bond acceptors (Lipinski definition) is 4. The van der Waals surface area contributed by atoms with Crippen molar-refractivity contribution >= 4 is 11.9 Å². The molecule has 1 saturated heterocycles. The number of hydrogen-bond donors (Lipinski definition) is 1. The van der Waals surface area contributed by atoms with E-state index >= 15 is 0 Å². The normalized spacial score (nSPS) is 17.7. The zero-order valence-electron chi connectivity index (χ0n) is 14.2. The van der Waals surface area contributed by atoms with E-state index in [0.29, 0.717) is 0 Å².